The third-order valence-corrected chi connectivity index (χ3v) is 3.50. The van der Waals surface area contributed by atoms with Gasteiger partial charge in [-0.05, 0) is 52.9 Å². The zero-order valence-electron chi connectivity index (χ0n) is 10.6. The Morgan fingerprint density at radius 2 is 1.85 bits per heavy atom. The van der Waals surface area contributed by atoms with Crippen LogP contribution < -0.4 is 4.90 Å². The molecule has 20 heavy (non-hydrogen) atoms. The second-order valence-electron chi connectivity index (χ2n) is 4.15. The van der Waals surface area contributed by atoms with Gasteiger partial charge in [-0.1, -0.05) is 6.07 Å². The van der Waals surface area contributed by atoms with Crippen molar-refractivity contribution in [3.8, 4) is 0 Å². The van der Waals surface area contributed by atoms with Crippen LogP contribution in [-0.4, -0.2) is 17.9 Å². The van der Waals surface area contributed by atoms with Crippen LogP contribution in [0.15, 0.2) is 48.5 Å². The number of carbonyl (C=O) groups excluding carboxylic acids is 1. The highest BCUT2D eigenvalue weighted by molar-refractivity contribution is 14.1. The van der Waals surface area contributed by atoms with Crippen LogP contribution in [0.25, 0.3) is 0 Å². The summed E-state index contributed by atoms with van der Waals surface area (Å²) in [5.41, 5.74) is 1.20. The fourth-order valence-corrected chi connectivity index (χ4v) is 2.27. The van der Waals surface area contributed by atoms with Gasteiger partial charge in [-0.3, -0.25) is 14.9 Å². The van der Waals surface area contributed by atoms with Gasteiger partial charge in [0.15, 0.2) is 0 Å². The molecule has 0 radical (unpaired) electrons. The van der Waals surface area contributed by atoms with Gasteiger partial charge in [0.25, 0.3) is 11.6 Å². The first-order chi connectivity index (χ1) is 9.49. The Hall–Kier alpha value is -1.96. The maximum atomic E-state index is 12.3. The summed E-state index contributed by atoms with van der Waals surface area (Å²) in [6.45, 7) is 0. The van der Waals surface area contributed by atoms with Gasteiger partial charge in [0.05, 0.1) is 4.92 Å². The van der Waals surface area contributed by atoms with Crippen molar-refractivity contribution < 1.29 is 9.72 Å². The number of nitro benzene ring substituents is 1. The van der Waals surface area contributed by atoms with Crippen molar-refractivity contribution in [1.29, 1.82) is 0 Å². The van der Waals surface area contributed by atoms with Crippen LogP contribution in [0, 0.1) is 13.7 Å². The molecule has 2 aromatic carbocycles. The number of carbonyl (C=O) groups is 1. The Kier molecular flexibility index (Phi) is 4.33. The normalized spacial score (nSPS) is 10.1. The number of hydrogen-bond donors (Lipinski definition) is 0. The van der Waals surface area contributed by atoms with Gasteiger partial charge in [-0.15, -0.1) is 0 Å². The average Bonchev–Trinajstić information content (AvgIpc) is 2.46. The molecule has 0 N–H and O–H groups in total. The van der Waals surface area contributed by atoms with Crippen LogP contribution in [0.5, 0.6) is 0 Å². The van der Waals surface area contributed by atoms with Gasteiger partial charge < -0.3 is 4.90 Å². The predicted octanol–water partition coefficient (Wildman–Crippen LogP) is 3.48. The number of non-ortho nitro benzene ring substituents is 1. The van der Waals surface area contributed by atoms with E-state index in [0.29, 0.717) is 11.3 Å². The van der Waals surface area contributed by atoms with E-state index in [1.54, 1.807) is 31.3 Å². The van der Waals surface area contributed by atoms with E-state index in [1.165, 1.54) is 17.0 Å². The first-order valence-electron chi connectivity index (χ1n) is 5.77. The Labute approximate surface area is 129 Å². The van der Waals surface area contributed by atoms with E-state index in [9.17, 15) is 14.9 Å². The number of benzene rings is 2. The molecule has 6 heteroatoms. The number of amides is 1. The van der Waals surface area contributed by atoms with Crippen molar-refractivity contribution in [2.24, 2.45) is 0 Å². The van der Waals surface area contributed by atoms with E-state index < -0.39 is 4.92 Å². The Morgan fingerprint density at radius 1 is 1.20 bits per heavy atom. The highest BCUT2D eigenvalue weighted by Gasteiger charge is 2.14. The molecule has 0 spiro atoms. The number of hydrogen-bond acceptors (Lipinski definition) is 3. The summed E-state index contributed by atoms with van der Waals surface area (Å²) in [6.07, 6.45) is 0. The van der Waals surface area contributed by atoms with Crippen molar-refractivity contribution in [3.63, 3.8) is 0 Å². The van der Waals surface area contributed by atoms with Gasteiger partial charge in [0.2, 0.25) is 0 Å². The zero-order valence-corrected chi connectivity index (χ0v) is 12.8. The molecule has 0 aliphatic heterocycles. The standard InChI is InChI=1S/C14H11IN2O3/c1-16(12-5-7-13(8-6-12)17(19)20)14(18)10-3-2-4-11(15)9-10/h2-9H,1H3. The third kappa shape index (κ3) is 3.13. The molecule has 0 saturated heterocycles. The van der Waals surface area contributed by atoms with Crippen LogP contribution in [0.2, 0.25) is 0 Å². The molecule has 2 aromatic rings. The second-order valence-corrected chi connectivity index (χ2v) is 5.39. The van der Waals surface area contributed by atoms with Gasteiger partial charge in [0, 0.05) is 34.0 Å². The number of nitrogens with zero attached hydrogens (tertiary/aromatic N) is 2. The SMILES string of the molecule is CN(C(=O)c1cccc(I)c1)c1ccc([N+](=O)[O-])cc1. The van der Waals surface area contributed by atoms with Crippen LogP contribution in [0.3, 0.4) is 0 Å². The summed E-state index contributed by atoms with van der Waals surface area (Å²) in [7, 11) is 1.64. The lowest BCUT2D eigenvalue weighted by Crippen LogP contribution is -2.26. The lowest BCUT2D eigenvalue weighted by Gasteiger charge is -2.17. The van der Waals surface area contributed by atoms with E-state index in [4.69, 9.17) is 0 Å². The number of halogens is 1. The number of rotatable bonds is 3. The molecule has 0 aliphatic carbocycles. The molecule has 0 bridgehead atoms. The molecule has 2 rings (SSSR count). The van der Waals surface area contributed by atoms with Crippen molar-refractivity contribution in [1.82, 2.24) is 0 Å². The summed E-state index contributed by atoms with van der Waals surface area (Å²) >= 11 is 2.14. The van der Waals surface area contributed by atoms with Crippen molar-refractivity contribution >= 4 is 39.9 Å². The fourth-order valence-electron chi connectivity index (χ4n) is 1.73. The summed E-state index contributed by atoms with van der Waals surface area (Å²) in [5.74, 6) is -0.155. The van der Waals surface area contributed by atoms with E-state index in [1.807, 2.05) is 12.1 Å². The zero-order chi connectivity index (χ0) is 14.7. The molecule has 0 heterocycles. The number of anilines is 1. The quantitative estimate of drug-likeness (QED) is 0.464. The number of nitro groups is 1. The summed E-state index contributed by atoms with van der Waals surface area (Å²) < 4.78 is 0.977. The maximum Gasteiger partial charge on any atom is 0.269 e. The first-order valence-corrected chi connectivity index (χ1v) is 6.85. The molecule has 5 nitrogen and oxygen atoms in total. The van der Waals surface area contributed by atoms with E-state index in [0.717, 1.165) is 3.57 Å². The molecule has 0 fully saturated rings. The van der Waals surface area contributed by atoms with E-state index >= 15 is 0 Å². The minimum Gasteiger partial charge on any atom is -0.311 e. The van der Waals surface area contributed by atoms with Crippen molar-refractivity contribution in [2.45, 2.75) is 0 Å². The van der Waals surface area contributed by atoms with Gasteiger partial charge in [-0.2, -0.15) is 0 Å². The molecule has 0 atom stereocenters. The van der Waals surface area contributed by atoms with Crippen LogP contribution in [0.1, 0.15) is 10.4 Å². The maximum absolute atomic E-state index is 12.3. The Morgan fingerprint density at radius 3 is 2.40 bits per heavy atom. The summed E-state index contributed by atoms with van der Waals surface area (Å²) in [6, 6.07) is 13.1. The predicted molar refractivity (Wildman–Crippen MR) is 85.0 cm³/mol. The second kappa shape index (κ2) is 6.00. The average molecular weight is 382 g/mol. The first kappa shape index (κ1) is 14.4. The Balaban J connectivity index is 2.24. The van der Waals surface area contributed by atoms with Crippen LogP contribution in [-0.2, 0) is 0 Å². The van der Waals surface area contributed by atoms with Gasteiger partial charge in [0.1, 0.15) is 0 Å². The molecule has 1 amide bonds. The summed E-state index contributed by atoms with van der Waals surface area (Å²) in [5, 5.41) is 10.6. The molecule has 0 saturated carbocycles. The third-order valence-electron chi connectivity index (χ3n) is 2.82. The molecular formula is C14H11IN2O3. The lowest BCUT2D eigenvalue weighted by molar-refractivity contribution is -0.384. The Bertz CT molecular complexity index is 656. The lowest BCUT2D eigenvalue weighted by atomic mass is 10.2. The largest absolute Gasteiger partial charge is 0.311 e. The van der Waals surface area contributed by atoms with Gasteiger partial charge in [-0.25, -0.2) is 0 Å². The summed E-state index contributed by atoms with van der Waals surface area (Å²) in [4.78, 5) is 23.9. The monoisotopic (exact) mass is 382 g/mol. The minimum atomic E-state index is -0.467. The van der Waals surface area contributed by atoms with Gasteiger partial charge >= 0.3 is 0 Å². The van der Waals surface area contributed by atoms with Crippen molar-refractivity contribution in [3.05, 3.63) is 67.8 Å². The molecular weight excluding hydrogens is 371 g/mol. The van der Waals surface area contributed by atoms with E-state index in [-0.39, 0.29) is 11.6 Å². The van der Waals surface area contributed by atoms with Crippen LogP contribution >= 0.6 is 22.6 Å². The molecule has 0 unspecified atom stereocenters. The topological polar surface area (TPSA) is 63.5 Å². The van der Waals surface area contributed by atoms with Crippen LogP contribution in [0.4, 0.5) is 11.4 Å². The highest BCUT2D eigenvalue weighted by Crippen LogP contribution is 2.20. The molecule has 102 valence electrons. The smallest absolute Gasteiger partial charge is 0.269 e. The van der Waals surface area contributed by atoms with E-state index in [2.05, 4.69) is 22.6 Å². The van der Waals surface area contributed by atoms with Crippen molar-refractivity contribution in [2.75, 3.05) is 11.9 Å². The highest BCUT2D eigenvalue weighted by atomic mass is 127. The molecule has 0 aromatic heterocycles. The molecule has 0 aliphatic rings. The minimum absolute atomic E-state index is 0.00357. The fraction of sp³-hybridized carbons (Fsp3) is 0.0714.